The molecule has 0 saturated carbocycles. The van der Waals surface area contributed by atoms with E-state index >= 15 is 0 Å². The zero-order valence-electron chi connectivity index (χ0n) is 10.9. The van der Waals surface area contributed by atoms with Gasteiger partial charge in [0.25, 0.3) is 0 Å². The molecule has 4 nitrogen and oxygen atoms in total. The largest absolute Gasteiger partial charge is 0.379 e. The summed E-state index contributed by atoms with van der Waals surface area (Å²) in [4.78, 5) is 0. The van der Waals surface area contributed by atoms with Crippen molar-refractivity contribution >= 4 is 37.3 Å². The molecule has 0 amide bonds. The Kier molecular flexibility index (Phi) is 4.67. The Morgan fingerprint density at radius 3 is 2.25 bits per heavy atom. The number of nitrogens with one attached hydrogen (secondary N) is 2. The third-order valence-electron chi connectivity index (χ3n) is 2.65. The van der Waals surface area contributed by atoms with Gasteiger partial charge in [-0.05, 0) is 23.8 Å². The quantitative estimate of drug-likeness (QED) is 0.864. The zero-order chi connectivity index (χ0) is 14.6. The van der Waals surface area contributed by atoms with Crippen LogP contribution in [0.25, 0.3) is 0 Å². The molecular weight excluding hydrogens is 340 g/mol. The molecule has 0 fully saturated rings. The highest BCUT2D eigenvalue weighted by Crippen LogP contribution is 2.24. The summed E-state index contributed by atoms with van der Waals surface area (Å²) < 4.78 is 26.2. The van der Waals surface area contributed by atoms with Crippen molar-refractivity contribution in [1.82, 2.24) is 0 Å². The molecule has 20 heavy (non-hydrogen) atoms. The first-order valence-corrected chi connectivity index (χ1v) is 8.68. The van der Waals surface area contributed by atoms with E-state index in [0.717, 1.165) is 22.0 Å². The predicted molar refractivity (Wildman–Crippen MR) is 86.4 cm³/mol. The number of hydrogen-bond acceptors (Lipinski definition) is 3. The van der Waals surface area contributed by atoms with Gasteiger partial charge in [-0.1, -0.05) is 46.3 Å². The highest BCUT2D eigenvalue weighted by atomic mass is 79.9. The zero-order valence-corrected chi connectivity index (χ0v) is 13.3. The van der Waals surface area contributed by atoms with Crippen LogP contribution in [0.4, 0.5) is 11.4 Å². The molecule has 0 aliphatic carbocycles. The van der Waals surface area contributed by atoms with Crippen molar-refractivity contribution < 1.29 is 8.42 Å². The fourth-order valence-electron chi connectivity index (χ4n) is 1.76. The second-order valence-electron chi connectivity index (χ2n) is 4.36. The van der Waals surface area contributed by atoms with Gasteiger partial charge in [0, 0.05) is 11.0 Å². The number of rotatable bonds is 5. The lowest BCUT2D eigenvalue weighted by Gasteiger charge is -2.13. The van der Waals surface area contributed by atoms with Crippen molar-refractivity contribution in [2.24, 2.45) is 0 Å². The third kappa shape index (κ3) is 4.25. The number of para-hydroxylation sites is 2. The van der Waals surface area contributed by atoms with E-state index in [1.165, 1.54) is 0 Å². The standard InChI is InChI=1S/C14H15BrN2O2S/c1-20(18,19)17-14-9-5-4-8-13(14)16-10-11-6-2-3-7-12(11)15/h2-9,16-17H,10H2,1H3. The topological polar surface area (TPSA) is 58.2 Å². The van der Waals surface area contributed by atoms with Gasteiger partial charge in [0.2, 0.25) is 10.0 Å². The Morgan fingerprint density at radius 1 is 1.00 bits per heavy atom. The Morgan fingerprint density at radius 2 is 1.60 bits per heavy atom. The van der Waals surface area contributed by atoms with Crippen LogP contribution in [0, 0.1) is 0 Å². The minimum Gasteiger partial charge on any atom is -0.379 e. The van der Waals surface area contributed by atoms with Crippen LogP contribution in [0.3, 0.4) is 0 Å². The van der Waals surface area contributed by atoms with E-state index in [1.54, 1.807) is 12.1 Å². The van der Waals surface area contributed by atoms with E-state index in [1.807, 2.05) is 36.4 Å². The summed E-state index contributed by atoms with van der Waals surface area (Å²) in [6.07, 6.45) is 1.14. The average Bonchev–Trinajstić information content (AvgIpc) is 2.37. The number of anilines is 2. The van der Waals surface area contributed by atoms with Crippen LogP contribution in [0.2, 0.25) is 0 Å². The fourth-order valence-corrected chi connectivity index (χ4v) is 2.76. The lowest BCUT2D eigenvalue weighted by molar-refractivity contribution is 0.607. The summed E-state index contributed by atoms with van der Waals surface area (Å²) in [5.74, 6) is 0. The van der Waals surface area contributed by atoms with Crippen molar-refractivity contribution in [1.29, 1.82) is 0 Å². The van der Waals surface area contributed by atoms with Gasteiger partial charge in [0.15, 0.2) is 0 Å². The van der Waals surface area contributed by atoms with Gasteiger partial charge in [0.1, 0.15) is 0 Å². The molecule has 0 radical (unpaired) electrons. The van der Waals surface area contributed by atoms with Gasteiger partial charge in [0.05, 0.1) is 17.6 Å². The van der Waals surface area contributed by atoms with Crippen LogP contribution in [0.15, 0.2) is 53.0 Å². The monoisotopic (exact) mass is 354 g/mol. The summed E-state index contributed by atoms with van der Waals surface area (Å²) in [6.45, 7) is 0.601. The first-order chi connectivity index (χ1) is 9.46. The number of halogens is 1. The molecule has 0 spiro atoms. The molecule has 0 heterocycles. The van der Waals surface area contributed by atoms with Gasteiger partial charge in [-0.25, -0.2) is 8.42 Å². The van der Waals surface area contributed by atoms with Crippen LogP contribution in [0.5, 0.6) is 0 Å². The number of benzene rings is 2. The molecule has 2 rings (SSSR count). The first kappa shape index (κ1) is 14.9. The van der Waals surface area contributed by atoms with E-state index in [-0.39, 0.29) is 0 Å². The van der Waals surface area contributed by atoms with Crippen LogP contribution in [-0.2, 0) is 16.6 Å². The van der Waals surface area contributed by atoms with E-state index in [0.29, 0.717) is 12.2 Å². The maximum absolute atomic E-state index is 11.3. The molecule has 0 aliphatic rings. The Balaban J connectivity index is 2.16. The molecule has 0 bridgehead atoms. The number of hydrogen-bond donors (Lipinski definition) is 2. The molecule has 2 N–H and O–H groups in total. The van der Waals surface area contributed by atoms with E-state index in [9.17, 15) is 8.42 Å². The molecule has 2 aromatic carbocycles. The second-order valence-corrected chi connectivity index (χ2v) is 6.97. The molecule has 0 aromatic heterocycles. The second kappa shape index (κ2) is 6.28. The summed E-state index contributed by atoms with van der Waals surface area (Å²) in [5, 5.41) is 3.24. The van der Waals surface area contributed by atoms with Crippen molar-refractivity contribution in [2.45, 2.75) is 6.54 Å². The predicted octanol–water partition coefficient (Wildman–Crippen LogP) is 3.43. The van der Waals surface area contributed by atoms with Gasteiger partial charge < -0.3 is 5.32 Å². The maximum atomic E-state index is 11.3. The summed E-state index contributed by atoms with van der Waals surface area (Å²) in [7, 11) is -3.29. The highest BCUT2D eigenvalue weighted by molar-refractivity contribution is 9.10. The van der Waals surface area contributed by atoms with Crippen LogP contribution < -0.4 is 10.0 Å². The normalized spacial score (nSPS) is 11.1. The highest BCUT2D eigenvalue weighted by Gasteiger charge is 2.07. The van der Waals surface area contributed by atoms with Crippen molar-refractivity contribution in [3.63, 3.8) is 0 Å². The lowest BCUT2D eigenvalue weighted by Crippen LogP contribution is -2.12. The molecule has 106 valence electrons. The van der Waals surface area contributed by atoms with Crippen LogP contribution >= 0.6 is 15.9 Å². The molecule has 0 saturated heterocycles. The maximum Gasteiger partial charge on any atom is 0.229 e. The Hall–Kier alpha value is -1.53. The minimum absolute atomic E-state index is 0.544. The molecule has 6 heteroatoms. The SMILES string of the molecule is CS(=O)(=O)Nc1ccccc1NCc1ccccc1Br. The molecule has 2 aromatic rings. The van der Waals surface area contributed by atoms with Gasteiger partial charge >= 0.3 is 0 Å². The van der Waals surface area contributed by atoms with Crippen molar-refractivity contribution in [2.75, 3.05) is 16.3 Å². The van der Waals surface area contributed by atoms with Gasteiger partial charge in [-0.15, -0.1) is 0 Å². The van der Waals surface area contributed by atoms with E-state index < -0.39 is 10.0 Å². The molecule has 0 unspecified atom stereocenters. The fraction of sp³-hybridized carbons (Fsp3) is 0.143. The molecular formula is C14H15BrN2O2S. The Bertz CT molecular complexity index is 702. The lowest BCUT2D eigenvalue weighted by atomic mass is 10.2. The van der Waals surface area contributed by atoms with Crippen molar-refractivity contribution in [3.05, 3.63) is 58.6 Å². The first-order valence-electron chi connectivity index (χ1n) is 6.00. The summed E-state index contributed by atoms with van der Waals surface area (Å²) in [6, 6.07) is 15.1. The Labute approximate surface area is 127 Å². The molecule has 0 aliphatic heterocycles. The van der Waals surface area contributed by atoms with Gasteiger partial charge in [-0.2, -0.15) is 0 Å². The van der Waals surface area contributed by atoms with Crippen LogP contribution in [-0.4, -0.2) is 14.7 Å². The smallest absolute Gasteiger partial charge is 0.229 e. The van der Waals surface area contributed by atoms with E-state index in [2.05, 4.69) is 26.0 Å². The summed E-state index contributed by atoms with van der Waals surface area (Å²) >= 11 is 3.49. The van der Waals surface area contributed by atoms with Gasteiger partial charge in [-0.3, -0.25) is 4.72 Å². The number of sulfonamides is 1. The minimum atomic E-state index is -3.29. The van der Waals surface area contributed by atoms with Crippen molar-refractivity contribution in [3.8, 4) is 0 Å². The average molecular weight is 355 g/mol. The summed E-state index contributed by atoms with van der Waals surface area (Å²) in [5.41, 5.74) is 2.39. The third-order valence-corrected chi connectivity index (χ3v) is 4.01. The molecule has 0 atom stereocenters. The van der Waals surface area contributed by atoms with E-state index in [4.69, 9.17) is 0 Å². The van der Waals surface area contributed by atoms with Crippen LogP contribution in [0.1, 0.15) is 5.56 Å².